The molecule has 0 aliphatic heterocycles. The van der Waals surface area contributed by atoms with E-state index in [1.807, 2.05) is 42.5 Å². The second kappa shape index (κ2) is 6.48. The number of ether oxygens (including phenoxy) is 3. The maximum Gasteiger partial charge on any atom is 0.205 e. The zero-order chi connectivity index (χ0) is 13.7. The van der Waals surface area contributed by atoms with E-state index in [2.05, 4.69) is 15.9 Å². The van der Waals surface area contributed by atoms with Gasteiger partial charge in [0.2, 0.25) is 5.75 Å². The van der Waals surface area contributed by atoms with Crippen LogP contribution in [0.5, 0.6) is 17.2 Å². The Hall–Kier alpha value is -1.68. The fourth-order valence-electron chi connectivity index (χ4n) is 1.74. The van der Waals surface area contributed by atoms with Gasteiger partial charge in [0, 0.05) is 0 Å². The van der Waals surface area contributed by atoms with Crippen LogP contribution in [0.15, 0.2) is 46.9 Å². The quantitative estimate of drug-likeness (QED) is 0.831. The third-order valence-electron chi connectivity index (χ3n) is 2.68. The number of hydrogen-bond acceptors (Lipinski definition) is 3. The minimum Gasteiger partial charge on any atom is -0.493 e. The first-order chi connectivity index (χ1) is 9.26. The topological polar surface area (TPSA) is 27.7 Å². The van der Waals surface area contributed by atoms with Crippen LogP contribution in [0.1, 0.15) is 5.56 Å². The number of hydrogen-bond donors (Lipinski definition) is 0. The summed E-state index contributed by atoms with van der Waals surface area (Å²) < 4.78 is 17.3. The van der Waals surface area contributed by atoms with E-state index in [9.17, 15) is 0 Å². The van der Waals surface area contributed by atoms with Gasteiger partial charge in [-0.25, -0.2) is 0 Å². The summed E-state index contributed by atoms with van der Waals surface area (Å²) in [7, 11) is 3.22. The van der Waals surface area contributed by atoms with Crippen molar-refractivity contribution in [3.8, 4) is 17.2 Å². The first-order valence-corrected chi connectivity index (χ1v) is 6.62. The Labute approximate surface area is 121 Å². The maximum absolute atomic E-state index is 5.84. The van der Waals surface area contributed by atoms with Crippen molar-refractivity contribution >= 4 is 15.9 Å². The van der Waals surface area contributed by atoms with Gasteiger partial charge in [-0.05, 0) is 33.6 Å². The number of methoxy groups -OCH3 is 2. The van der Waals surface area contributed by atoms with E-state index in [-0.39, 0.29) is 0 Å². The average molecular weight is 323 g/mol. The fourth-order valence-corrected chi connectivity index (χ4v) is 2.21. The largest absolute Gasteiger partial charge is 0.493 e. The lowest BCUT2D eigenvalue weighted by molar-refractivity contribution is 0.265. The van der Waals surface area contributed by atoms with Crippen molar-refractivity contribution in [3.05, 3.63) is 52.5 Å². The number of benzene rings is 2. The van der Waals surface area contributed by atoms with Crippen molar-refractivity contribution in [1.29, 1.82) is 0 Å². The second-order valence-electron chi connectivity index (χ2n) is 3.89. The molecule has 0 unspecified atom stereocenters. The highest BCUT2D eigenvalue weighted by Crippen LogP contribution is 2.42. The highest BCUT2D eigenvalue weighted by molar-refractivity contribution is 9.10. The Balaban J connectivity index is 2.25. The van der Waals surface area contributed by atoms with Gasteiger partial charge in [-0.1, -0.05) is 30.3 Å². The third-order valence-corrected chi connectivity index (χ3v) is 3.30. The van der Waals surface area contributed by atoms with Gasteiger partial charge in [0.1, 0.15) is 6.61 Å². The first-order valence-electron chi connectivity index (χ1n) is 5.83. The molecule has 0 heterocycles. The summed E-state index contributed by atoms with van der Waals surface area (Å²) in [6.07, 6.45) is 0. The van der Waals surface area contributed by atoms with Crippen molar-refractivity contribution in [2.45, 2.75) is 6.61 Å². The summed E-state index contributed by atoms with van der Waals surface area (Å²) in [5, 5.41) is 0. The Bertz CT molecular complexity index is 541. The molecule has 0 bridgehead atoms. The summed E-state index contributed by atoms with van der Waals surface area (Å²) in [5.74, 6) is 1.88. The van der Waals surface area contributed by atoms with Crippen molar-refractivity contribution in [3.63, 3.8) is 0 Å². The minimum absolute atomic E-state index is 0.462. The van der Waals surface area contributed by atoms with Crippen LogP contribution in [0.3, 0.4) is 0 Å². The molecule has 0 saturated heterocycles. The van der Waals surface area contributed by atoms with Crippen LogP contribution in [-0.2, 0) is 6.61 Å². The molecule has 0 spiro atoms. The van der Waals surface area contributed by atoms with Gasteiger partial charge in [-0.2, -0.15) is 0 Å². The van der Waals surface area contributed by atoms with Crippen LogP contribution in [0, 0.1) is 0 Å². The summed E-state index contributed by atoms with van der Waals surface area (Å²) >= 11 is 3.44. The molecule has 0 aliphatic carbocycles. The molecule has 0 aliphatic rings. The molecule has 0 N–H and O–H groups in total. The van der Waals surface area contributed by atoms with Crippen LogP contribution in [0.2, 0.25) is 0 Å². The molecule has 19 heavy (non-hydrogen) atoms. The normalized spacial score (nSPS) is 10.1. The molecule has 2 rings (SSSR count). The molecule has 4 heteroatoms. The molecular formula is C15H15BrO3. The third kappa shape index (κ3) is 3.20. The van der Waals surface area contributed by atoms with E-state index in [0.29, 0.717) is 23.9 Å². The smallest absolute Gasteiger partial charge is 0.205 e. The molecule has 2 aromatic carbocycles. The molecule has 0 atom stereocenters. The minimum atomic E-state index is 0.462. The molecule has 0 amide bonds. The van der Waals surface area contributed by atoms with Crippen LogP contribution >= 0.6 is 15.9 Å². The van der Waals surface area contributed by atoms with Gasteiger partial charge in [0.05, 0.1) is 18.7 Å². The lowest BCUT2D eigenvalue weighted by Crippen LogP contribution is -2.00. The Morgan fingerprint density at radius 1 is 0.895 bits per heavy atom. The average Bonchev–Trinajstić information content (AvgIpc) is 2.46. The zero-order valence-corrected chi connectivity index (χ0v) is 12.4. The Kier molecular flexibility index (Phi) is 4.68. The molecule has 0 radical (unpaired) electrons. The standard InChI is InChI=1S/C15H15BrO3/c1-17-13-9-8-12(16)14(18-2)15(13)19-10-11-6-4-3-5-7-11/h3-9H,10H2,1-2H3. The van der Waals surface area contributed by atoms with Gasteiger partial charge >= 0.3 is 0 Å². The van der Waals surface area contributed by atoms with Crippen molar-refractivity contribution in [2.24, 2.45) is 0 Å². The molecule has 0 aromatic heterocycles. The molecule has 100 valence electrons. The highest BCUT2D eigenvalue weighted by Gasteiger charge is 2.15. The number of halogens is 1. The first kappa shape index (κ1) is 13.7. The second-order valence-corrected chi connectivity index (χ2v) is 4.74. The monoisotopic (exact) mass is 322 g/mol. The van der Waals surface area contributed by atoms with Crippen LogP contribution in [0.4, 0.5) is 0 Å². The van der Waals surface area contributed by atoms with Crippen LogP contribution < -0.4 is 14.2 Å². The van der Waals surface area contributed by atoms with E-state index in [0.717, 1.165) is 10.0 Å². The molecule has 0 fully saturated rings. The predicted molar refractivity (Wildman–Crippen MR) is 78.0 cm³/mol. The van der Waals surface area contributed by atoms with Gasteiger partial charge in [0.15, 0.2) is 11.5 Å². The van der Waals surface area contributed by atoms with Crippen molar-refractivity contribution in [1.82, 2.24) is 0 Å². The van der Waals surface area contributed by atoms with Gasteiger partial charge in [-0.15, -0.1) is 0 Å². The summed E-state index contributed by atoms with van der Waals surface area (Å²) in [6, 6.07) is 13.7. The van der Waals surface area contributed by atoms with Gasteiger partial charge in [0.25, 0.3) is 0 Å². The lowest BCUT2D eigenvalue weighted by Gasteiger charge is -2.15. The van der Waals surface area contributed by atoms with Gasteiger partial charge < -0.3 is 14.2 Å². The SMILES string of the molecule is COc1ccc(Br)c(OC)c1OCc1ccccc1. The van der Waals surface area contributed by atoms with E-state index >= 15 is 0 Å². The van der Waals surface area contributed by atoms with Gasteiger partial charge in [-0.3, -0.25) is 0 Å². The van der Waals surface area contributed by atoms with Crippen LogP contribution in [-0.4, -0.2) is 14.2 Å². The lowest BCUT2D eigenvalue weighted by atomic mass is 10.2. The molecular weight excluding hydrogens is 308 g/mol. The Morgan fingerprint density at radius 2 is 1.63 bits per heavy atom. The highest BCUT2D eigenvalue weighted by atomic mass is 79.9. The number of rotatable bonds is 5. The predicted octanol–water partition coefficient (Wildman–Crippen LogP) is 4.05. The molecule has 2 aromatic rings. The van der Waals surface area contributed by atoms with E-state index in [4.69, 9.17) is 14.2 Å². The summed E-state index contributed by atoms with van der Waals surface area (Å²) in [5.41, 5.74) is 1.09. The summed E-state index contributed by atoms with van der Waals surface area (Å²) in [6.45, 7) is 0.462. The maximum atomic E-state index is 5.84. The fraction of sp³-hybridized carbons (Fsp3) is 0.200. The molecule has 0 saturated carbocycles. The zero-order valence-electron chi connectivity index (χ0n) is 10.9. The van der Waals surface area contributed by atoms with Crippen molar-refractivity contribution < 1.29 is 14.2 Å². The van der Waals surface area contributed by atoms with E-state index in [1.54, 1.807) is 14.2 Å². The summed E-state index contributed by atoms with van der Waals surface area (Å²) in [4.78, 5) is 0. The van der Waals surface area contributed by atoms with Crippen molar-refractivity contribution in [2.75, 3.05) is 14.2 Å². The molecule has 3 nitrogen and oxygen atoms in total. The van der Waals surface area contributed by atoms with E-state index < -0.39 is 0 Å². The van der Waals surface area contributed by atoms with Crippen LogP contribution in [0.25, 0.3) is 0 Å². The Morgan fingerprint density at radius 3 is 2.26 bits per heavy atom. The van der Waals surface area contributed by atoms with E-state index in [1.165, 1.54) is 0 Å².